The maximum absolute atomic E-state index is 12.2. The maximum Gasteiger partial charge on any atom is 0.274 e. The summed E-state index contributed by atoms with van der Waals surface area (Å²) in [7, 11) is 1.48. The zero-order chi connectivity index (χ0) is 18.0. The van der Waals surface area contributed by atoms with Gasteiger partial charge in [-0.05, 0) is 30.3 Å². The molecule has 2 aromatic carbocycles. The van der Waals surface area contributed by atoms with E-state index >= 15 is 0 Å². The number of nitrogens with two attached hydrogens (primary N) is 2. The number of carbonyl (C=O) groups is 1. The minimum Gasteiger partial charge on any atom is -0.455 e. The number of fused-ring (bicyclic) bond motifs is 1. The van der Waals surface area contributed by atoms with Crippen molar-refractivity contribution in [2.75, 3.05) is 12.8 Å². The van der Waals surface area contributed by atoms with E-state index in [4.69, 9.17) is 27.8 Å². The van der Waals surface area contributed by atoms with Crippen molar-refractivity contribution in [3.05, 3.63) is 53.2 Å². The molecule has 0 fully saturated rings. The molecule has 0 atom stereocenters. The van der Waals surface area contributed by atoms with E-state index in [0.29, 0.717) is 33.1 Å². The van der Waals surface area contributed by atoms with Crippen LogP contribution in [0.15, 0.2) is 47.5 Å². The van der Waals surface area contributed by atoms with Gasteiger partial charge in [-0.15, -0.1) is 12.4 Å². The molecule has 0 aliphatic heterocycles. The van der Waals surface area contributed by atoms with Gasteiger partial charge in [0.2, 0.25) is 0 Å². The first-order valence-electron chi connectivity index (χ1n) is 7.36. The normalized spacial score (nSPS) is 11.1. The SMILES string of the molecule is CN=C(N)NC(=O)c1cc2c(Cl)ccc(Oc3cccc(N)c3)c2[nH]1.Cl. The number of anilines is 1. The topological polar surface area (TPSA) is 119 Å². The first-order valence-corrected chi connectivity index (χ1v) is 7.74. The monoisotopic (exact) mass is 393 g/mol. The molecule has 3 rings (SSSR count). The van der Waals surface area contributed by atoms with E-state index in [0.717, 1.165) is 0 Å². The van der Waals surface area contributed by atoms with Crippen LogP contribution in [0.1, 0.15) is 10.5 Å². The Hall–Kier alpha value is -2.90. The summed E-state index contributed by atoms with van der Waals surface area (Å²) in [5, 5.41) is 3.60. The number of amides is 1. The predicted molar refractivity (Wildman–Crippen MR) is 106 cm³/mol. The Kier molecular flexibility index (Phi) is 5.97. The molecule has 6 N–H and O–H groups in total. The number of nitrogens with zero attached hydrogens (tertiary/aromatic N) is 1. The summed E-state index contributed by atoms with van der Waals surface area (Å²) < 4.78 is 5.87. The number of hydrogen-bond acceptors (Lipinski definition) is 4. The first kappa shape index (κ1) is 19.4. The van der Waals surface area contributed by atoms with Crippen molar-refractivity contribution < 1.29 is 9.53 Å². The minimum absolute atomic E-state index is 0. The van der Waals surface area contributed by atoms with Gasteiger partial charge in [0, 0.05) is 24.2 Å². The lowest BCUT2D eigenvalue weighted by Gasteiger charge is -2.08. The third-order valence-corrected chi connectivity index (χ3v) is 3.85. The molecule has 1 amide bonds. The van der Waals surface area contributed by atoms with Crippen LogP contribution in [0.25, 0.3) is 10.9 Å². The number of aliphatic imine (C=N–C) groups is 1. The third kappa shape index (κ3) is 4.01. The summed E-state index contributed by atoms with van der Waals surface area (Å²) in [6.07, 6.45) is 0. The second-order valence-corrected chi connectivity index (χ2v) is 5.66. The van der Waals surface area contributed by atoms with Crippen LogP contribution in [-0.2, 0) is 0 Å². The van der Waals surface area contributed by atoms with Crippen LogP contribution in [0, 0.1) is 0 Å². The number of nitrogen functional groups attached to an aromatic ring is 1. The van der Waals surface area contributed by atoms with E-state index < -0.39 is 5.91 Å². The van der Waals surface area contributed by atoms with E-state index in [1.165, 1.54) is 7.05 Å². The average molecular weight is 394 g/mol. The first-order chi connectivity index (χ1) is 12.0. The number of aromatic amines is 1. The molecule has 1 aromatic heterocycles. The molecule has 0 unspecified atom stereocenters. The van der Waals surface area contributed by atoms with Crippen LogP contribution in [0.2, 0.25) is 5.02 Å². The Bertz CT molecular complexity index is 984. The smallest absolute Gasteiger partial charge is 0.274 e. The molecule has 7 nitrogen and oxygen atoms in total. The Morgan fingerprint density at radius 1 is 1.27 bits per heavy atom. The fourth-order valence-electron chi connectivity index (χ4n) is 2.31. The lowest BCUT2D eigenvalue weighted by atomic mass is 10.2. The van der Waals surface area contributed by atoms with E-state index in [-0.39, 0.29) is 24.1 Å². The van der Waals surface area contributed by atoms with Crippen LogP contribution in [0.4, 0.5) is 5.69 Å². The number of guanidine groups is 1. The average Bonchev–Trinajstić information content (AvgIpc) is 3.04. The number of ether oxygens (including phenoxy) is 1. The second-order valence-electron chi connectivity index (χ2n) is 5.25. The summed E-state index contributed by atoms with van der Waals surface area (Å²) in [6, 6.07) is 12.1. The van der Waals surface area contributed by atoms with Gasteiger partial charge < -0.3 is 21.2 Å². The van der Waals surface area contributed by atoms with Gasteiger partial charge in [0.05, 0.1) is 10.5 Å². The van der Waals surface area contributed by atoms with E-state index in [1.54, 1.807) is 42.5 Å². The van der Waals surface area contributed by atoms with Crippen molar-refractivity contribution in [3.8, 4) is 11.5 Å². The molecule has 0 saturated carbocycles. The highest BCUT2D eigenvalue weighted by molar-refractivity contribution is 6.36. The van der Waals surface area contributed by atoms with Crippen molar-refractivity contribution in [3.63, 3.8) is 0 Å². The van der Waals surface area contributed by atoms with Crippen molar-refractivity contribution in [2.45, 2.75) is 0 Å². The lowest BCUT2D eigenvalue weighted by Crippen LogP contribution is -2.36. The summed E-state index contributed by atoms with van der Waals surface area (Å²) in [5.41, 5.74) is 12.8. The van der Waals surface area contributed by atoms with Crippen LogP contribution < -0.4 is 21.5 Å². The highest BCUT2D eigenvalue weighted by atomic mass is 35.5. The fourth-order valence-corrected chi connectivity index (χ4v) is 2.52. The third-order valence-electron chi connectivity index (χ3n) is 3.52. The molecule has 26 heavy (non-hydrogen) atoms. The minimum atomic E-state index is -0.426. The molecule has 0 spiro atoms. The van der Waals surface area contributed by atoms with Gasteiger partial charge in [-0.2, -0.15) is 0 Å². The van der Waals surface area contributed by atoms with Gasteiger partial charge in [-0.3, -0.25) is 15.1 Å². The highest BCUT2D eigenvalue weighted by Gasteiger charge is 2.15. The molecule has 1 heterocycles. The number of aromatic nitrogens is 1. The Morgan fingerprint density at radius 3 is 2.73 bits per heavy atom. The molecular weight excluding hydrogens is 377 g/mol. The number of nitrogens with one attached hydrogen (secondary N) is 2. The summed E-state index contributed by atoms with van der Waals surface area (Å²) >= 11 is 6.23. The molecule has 0 aliphatic rings. The van der Waals surface area contributed by atoms with E-state index in [1.807, 2.05) is 0 Å². The number of carbonyl (C=O) groups excluding carboxylic acids is 1. The molecule has 0 aliphatic carbocycles. The van der Waals surface area contributed by atoms with Crippen LogP contribution >= 0.6 is 24.0 Å². The second kappa shape index (κ2) is 7.99. The van der Waals surface area contributed by atoms with E-state index in [9.17, 15) is 4.79 Å². The van der Waals surface area contributed by atoms with Gasteiger partial charge in [0.15, 0.2) is 11.7 Å². The molecular formula is C17H17Cl2N5O2. The van der Waals surface area contributed by atoms with Crippen LogP contribution in [-0.4, -0.2) is 23.9 Å². The largest absolute Gasteiger partial charge is 0.455 e. The molecule has 0 bridgehead atoms. The van der Waals surface area contributed by atoms with Gasteiger partial charge in [0.1, 0.15) is 11.4 Å². The highest BCUT2D eigenvalue weighted by Crippen LogP contribution is 2.34. The molecule has 3 aromatic rings. The zero-order valence-electron chi connectivity index (χ0n) is 13.7. The Labute approximate surface area is 160 Å². The standard InChI is InChI=1S/C17H16ClN5O2.ClH/c1-21-17(20)23-16(24)13-8-11-12(18)5-6-14(15(11)22-13)25-10-4-2-3-9(19)7-10;/h2-8,22H,19H2,1H3,(H3,20,21,23,24);1H. The predicted octanol–water partition coefficient (Wildman–Crippen LogP) is 3.29. The number of benzene rings is 2. The van der Waals surface area contributed by atoms with Gasteiger partial charge in [-0.25, -0.2) is 0 Å². The number of halogens is 2. The quantitative estimate of drug-likeness (QED) is 0.310. The van der Waals surface area contributed by atoms with Crippen molar-refractivity contribution >= 4 is 52.5 Å². The molecule has 9 heteroatoms. The molecule has 0 radical (unpaired) electrons. The van der Waals surface area contributed by atoms with E-state index in [2.05, 4.69) is 15.3 Å². The maximum atomic E-state index is 12.2. The molecule has 0 saturated heterocycles. The molecule has 136 valence electrons. The number of rotatable bonds is 3. The Balaban J connectivity index is 0.00000243. The van der Waals surface area contributed by atoms with Gasteiger partial charge >= 0.3 is 0 Å². The van der Waals surface area contributed by atoms with Crippen LogP contribution in [0.5, 0.6) is 11.5 Å². The van der Waals surface area contributed by atoms with Crippen molar-refractivity contribution in [1.82, 2.24) is 10.3 Å². The van der Waals surface area contributed by atoms with Gasteiger partial charge in [0.25, 0.3) is 5.91 Å². The number of hydrogen-bond donors (Lipinski definition) is 4. The van der Waals surface area contributed by atoms with Crippen molar-refractivity contribution in [2.24, 2.45) is 10.7 Å². The fraction of sp³-hybridized carbons (Fsp3) is 0.0588. The van der Waals surface area contributed by atoms with Crippen LogP contribution in [0.3, 0.4) is 0 Å². The Morgan fingerprint density at radius 2 is 2.04 bits per heavy atom. The lowest BCUT2D eigenvalue weighted by molar-refractivity contribution is 0.0972. The van der Waals surface area contributed by atoms with Crippen molar-refractivity contribution in [1.29, 1.82) is 0 Å². The summed E-state index contributed by atoms with van der Waals surface area (Å²) in [5.74, 6) is 0.684. The summed E-state index contributed by atoms with van der Waals surface area (Å²) in [4.78, 5) is 18.9. The summed E-state index contributed by atoms with van der Waals surface area (Å²) in [6.45, 7) is 0. The zero-order valence-corrected chi connectivity index (χ0v) is 15.3. The van der Waals surface area contributed by atoms with Gasteiger partial charge in [-0.1, -0.05) is 17.7 Å². The number of H-pyrrole nitrogens is 1.